The lowest BCUT2D eigenvalue weighted by molar-refractivity contribution is 0.0547. The Hall–Kier alpha value is -3.57. The van der Waals surface area contributed by atoms with Crippen molar-refractivity contribution in [2.24, 2.45) is 0 Å². The average Bonchev–Trinajstić information content (AvgIpc) is 3.46. The summed E-state index contributed by atoms with van der Waals surface area (Å²) < 4.78 is 18.3. The van der Waals surface area contributed by atoms with Gasteiger partial charge >= 0.3 is 0 Å². The van der Waals surface area contributed by atoms with Gasteiger partial charge in [0.25, 0.3) is 0 Å². The summed E-state index contributed by atoms with van der Waals surface area (Å²) in [5, 5.41) is 1.15. The smallest absolute Gasteiger partial charge is 0.181 e. The fraction of sp³-hybridized carbons (Fsp3) is 0.364. The van der Waals surface area contributed by atoms with E-state index in [1.54, 1.807) is 0 Å². The van der Waals surface area contributed by atoms with Gasteiger partial charge in [-0.2, -0.15) is 0 Å². The van der Waals surface area contributed by atoms with Gasteiger partial charge in [0.15, 0.2) is 12.0 Å². The van der Waals surface area contributed by atoms with Crippen LogP contribution in [0.25, 0.3) is 22.1 Å². The van der Waals surface area contributed by atoms with E-state index in [2.05, 4.69) is 99.1 Å². The maximum Gasteiger partial charge on any atom is 0.181 e. The lowest BCUT2D eigenvalue weighted by atomic mass is 9.79. The van der Waals surface area contributed by atoms with Crippen LogP contribution in [0.4, 0.5) is 0 Å². The highest BCUT2D eigenvalue weighted by molar-refractivity contribution is 5.79. The van der Waals surface area contributed by atoms with Crippen LogP contribution in [0.15, 0.2) is 82.0 Å². The van der Waals surface area contributed by atoms with Crippen molar-refractivity contribution in [3.8, 4) is 5.75 Å². The van der Waals surface area contributed by atoms with Crippen molar-refractivity contribution < 1.29 is 13.6 Å². The molecule has 3 aromatic carbocycles. The zero-order chi connectivity index (χ0) is 26.5. The molecule has 0 aliphatic carbocycles. The molecule has 5 nitrogen and oxygen atoms in total. The van der Waals surface area contributed by atoms with Crippen LogP contribution in [0.3, 0.4) is 0 Å². The van der Waals surface area contributed by atoms with Gasteiger partial charge in [-0.3, -0.25) is 4.90 Å². The molecule has 1 aliphatic heterocycles. The van der Waals surface area contributed by atoms with E-state index >= 15 is 0 Å². The third kappa shape index (κ3) is 4.95. The minimum atomic E-state index is -0.257. The number of furan rings is 1. The van der Waals surface area contributed by atoms with Gasteiger partial charge in [-0.1, -0.05) is 50.2 Å². The molecule has 0 bridgehead atoms. The Morgan fingerprint density at radius 3 is 2.71 bits per heavy atom. The number of aromatic nitrogens is 1. The van der Waals surface area contributed by atoms with Crippen molar-refractivity contribution in [3.05, 3.63) is 95.6 Å². The molecule has 5 aromatic rings. The normalized spacial score (nSPS) is 16.8. The van der Waals surface area contributed by atoms with Gasteiger partial charge in [0.05, 0.1) is 0 Å². The van der Waals surface area contributed by atoms with Gasteiger partial charge in [0.2, 0.25) is 0 Å². The number of ether oxygens (including phenoxy) is 1. The van der Waals surface area contributed by atoms with Crippen molar-refractivity contribution in [2.75, 3.05) is 6.54 Å². The predicted molar refractivity (Wildman–Crippen MR) is 152 cm³/mol. The second-order valence-electron chi connectivity index (χ2n) is 12.1. The summed E-state index contributed by atoms with van der Waals surface area (Å²) in [5.74, 6) is 2.02. The third-order valence-corrected chi connectivity index (χ3v) is 7.83. The highest BCUT2D eigenvalue weighted by Crippen LogP contribution is 2.34. The Kier molecular flexibility index (Phi) is 6.07. The quantitative estimate of drug-likeness (QED) is 0.235. The van der Waals surface area contributed by atoms with Crippen LogP contribution in [0.2, 0.25) is 0 Å². The second-order valence-corrected chi connectivity index (χ2v) is 12.1. The predicted octanol–water partition coefficient (Wildman–Crippen LogP) is 7.70. The van der Waals surface area contributed by atoms with E-state index in [1.165, 1.54) is 23.1 Å². The number of benzene rings is 3. The molecule has 5 heteroatoms. The van der Waals surface area contributed by atoms with Gasteiger partial charge in [0, 0.05) is 36.5 Å². The van der Waals surface area contributed by atoms with E-state index in [9.17, 15) is 0 Å². The lowest BCUT2D eigenvalue weighted by Gasteiger charge is -2.33. The van der Waals surface area contributed by atoms with Gasteiger partial charge in [0.1, 0.15) is 28.2 Å². The molecule has 1 atom stereocenters. The number of hydrogen-bond acceptors (Lipinski definition) is 5. The van der Waals surface area contributed by atoms with E-state index in [4.69, 9.17) is 13.6 Å². The Morgan fingerprint density at radius 2 is 1.84 bits per heavy atom. The van der Waals surface area contributed by atoms with Crippen LogP contribution in [-0.4, -0.2) is 28.1 Å². The summed E-state index contributed by atoms with van der Waals surface area (Å²) in [7, 11) is 0. The van der Waals surface area contributed by atoms with Crippen molar-refractivity contribution >= 4 is 22.1 Å². The van der Waals surface area contributed by atoms with Gasteiger partial charge in [-0.15, -0.1) is 0 Å². The fourth-order valence-electron chi connectivity index (χ4n) is 5.79. The molecule has 0 saturated carbocycles. The molecule has 1 unspecified atom stereocenters. The summed E-state index contributed by atoms with van der Waals surface area (Å²) in [5.41, 5.74) is 6.10. The highest BCUT2D eigenvalue weighted by Gasteiger charge is 2.31. The van der Waals surface area contributed by atoms with Gasteiger partial charge < -0.3 is 13.6 Å². The van der Waals surface area contributed by atoms with Crippen LogP contribution < -0.4 is 4.74 Å². The summed E-state index contributed by atoms with van der Waals surface area (Å²) in [6.07, 6.45) is 3.25. The zero-order valence-corrected chi connectivity index (χ0v) is 23.0. The van der Waals surface area contributed by atoms with E-state index in [0.717, 1.165) is 59.5 Å². The molecule has 2 aromatic heterocycles. The largest absolute Gasteiger partial charge is 0.486 e. The van der Waals surface area contributed by atoms with Crippen LogP contribution in [0.5, 0.6) is 5.75 Å². The van der Waals surface area contributed by atoms with Crippen molar-refractivity contribution in [3.63, 3.8) is 0 Å². The first-order valence-electron chi connectivity index (χ1n) is 13.5. The Labute approximate surface area is 224 Å². The van der Waals surface area contributed by atoms with E-state index in [0.29, 0.717) is 6.04 Å². The standard InChI is InChI=1S/C33H36N2O3/c1-22(35-19-25-8-6-7-9-29(25)38-33(4,5)20-35)14-27-16-24-11-12-26(17-30(24)37-27)32(2,3)18-23-10-13-28-31(15-23)36-21-34-28/h6-13,15-17,21-22H,14,18-20H2,1-5H3. The van der Waals surface area contributed by atoms with E-state index in [-0.39, 0.29) is 11.0 Å². The van der Waals surface area contributed by atoms with Crippen LogP contribution in [0.1, 0.15) is 57.1 Å². The maximum absolute atomic E-state index is 6.43. The SMILES string of the molecule is CC(Cc1cc2ccc(C(C)(C)Cc3ccc4ncoc4c3)cc2o1)N1Cc2ccccc2OC(C)(C)C1. The minimum absolute atomic E-state index is 0.0623. The third-order valence-electron chi connectivity index (χ3n) is 7.83. The van der Waals surface area contributed by atoms with Crippen LogP contribution >= 0.6 is 0 Å². The first-order chi connectivity index (χ1) is 18.1. The van der Waals surface area contributed by atoms with Crippen molar-refractivity contribution in [2.45, 2.75) is 71.1 Å². The van der Waals surface area contributed by atoms with Gasteiger partial charge in [-0.25, -0.2) is 4.98 Å². The zero-order valence-electron chi connectivity index (χ0n) is 23.0. The Bertz CT molecular complexity index is 1590. The molecule has 38 heavy (non-hydrogen) atoms. The van der Waals surface area contributed by atoms with Crippen LogP contribution in [0, 0.1) is 0 Å². The molecule has 0 N–H and O–H groups in total. The van der Waals surface area contributed by atoms with Gasteiger partial charge in [-0.05, 0) is 74.1 Å². The average molecular weight is 509 g/mol. The number of nitrogens with zero attached hydrogens (tertiary/aromatic N) is 2. The fourth-order valence-corrected chi connectivity index (χ4v) is 5.79. The minimum Gasteiger partial charge on any atom is -0.486 e. The molecular weight excluding hydrogens is 472 g/mol. The van der Waals surface area contributed by atoms with E-state index in [1.807, 2.05) is 12.1 Å². The molecular formula is C33H36N2O3. The monoisotopic (exact) mass is 508 g/mol. The lowest BCUT2D eigenvalue weighted by Crippen LogP contribution is -2.44. The maximum atomic E-state index is 6.43. The molecule has 0 amide bonds. The number of hydrogen-bond donors (Lipinski definition) is 0. The molecule has 3 heterocycles. The Morgan fingerprint density at radius 1 is 1.00 bits per heavy atom. The highest BCUT2D eigenvalue weighted by atomic mass is 16.5. The van der Waals surface area contributed by atoms with Crippen molar-refractivity contribution in [1.29, 1.82) is 0 Å². The summed E-state index contributed by atoms with van der Waals surface area (Å²) >= 11 is 0. The molecule has 0 radical (unpaired) electrons. The molecule has 0 spiro atoms. The topological polar surface area (TPSA) is 51.6 Å². The first-order valence-corrected chi connectivity index (χ1v) is 13.5. The molecule has 0 saturated heterocycles. The summed E-state index contributed by atoms with van der Waals surface area (Å²) in [6.45, 7) is 12.9. The first kappa shape index (κ1) is 24.7. The number of rotatable bonds is 6. The number of oxazole rings is 1. The Balaban J connectivity index is 1.20. The van der Waals surface area contributed by atoms with E-state index < -0.39 is 0 Å². The second kappa shape index (κ2) is 9.32. The summed E-state index contributed by atoms with van der Waals surface area (Å²) in [4.78, 5) is 6.75. The molecule has 0 fully saturated rings. The number of para-hydroxylation sites is 1. The number of fused-ring (bicyclic) bond motifs is 3. The summed E-state index contributed by atoms with van der Waals surface area (Å²) in [6, 6.07) is 23.8. The molecule has 1 aliphatic rings. The molecule has 6 rings (SSSR count). The van der Waals surface area contributed by atoms with Crippen molar-refractivity contribution in [1.82, 2.24) is 9.88 Å². The molecule has 196 valence electrons. The van der Waals surface area contributed by atoms with Crippen LogP contribution in [-0.2, 0) is 24.8 Å².